The summed E-state index contributed by atoms with van der Waals surface area (Å²) in [6.45, 7) is 4.23. The second-order valence-electron chi connectivity index (χ2n) is 7.19. The predicted molar refractivity (Wildman–Crippen MR) is 117 cm³/mol. The van der Waals surface area contributed by atoms with Crippen molar-refractivity contribution in [3.05, 3.63) is 81.9 Å². The molecule has 0 saturated carbocycles. The number of aromatic nitrogens is 5. The van der Waals surface area contributed by atoms with E-state index in [0.717, 1.165) is 28.1 Å². The molecule has 2 aromatic carbocycles. The van der Waals surface area contributed by atoms with E-state index in [2.05, 4.69) is 21.5 Å². The van der Waals surface area contributed by atoms with Crippen LogP contribution in [0.15, 0.2) is 59.5 Å². The molecule has 0 saturated heterocycles. The molecule has 0 aliphatic carbocycles. The molecule has 4 aromatic rings. The van der Waals surface area contributed by atoms with Gasteiger partial charge in [-0.1, -0.05) is 12.1 Å². The molecule has 4 rings (SSSR count). The van der Waals surface area contributed by atoms with Crippen molar-refractivity contribution in [2.24, 2.45) is 7.05 Å². The fraction of sp³-hybridized carbons (Fsp3) is 0.217. The molecule has 0 aliphatic heterocycles. The number of tetrazole rings is 1. The summed E-state index contributed by atoms with van der Waals surface area (Å²) in [6.07, 6.45) is 1.79. The predicted octanol–water partition coefficient (Wildman–Crippen LogP) is 3.23. The van der Waals surface area contributed by atoms with E-state index in [9.17, 15) is 4.79 Å². The van der Waals surface area contributed by atoms with E-state index in [0.29, 0.717) is 17.0 Å². The van der Waals surface area contributed by atoms with Crippen molar-refractivity contribution in [3.63, 3.8) is 0 Å². The van der Waals surface area contributed by atoms with Crippen LogP contribution in [0.25, 0.3) is 16.9 Å². The molecular weight excluding hydrogens is 394 g/mol. The third-order valence-electron chi connectivity index (χ3n) is 5.11. The van der Waals surface area contributed by atoms with Gasteiger partial charge in [0.05, 0.1) is 24.1 Å². The van der Waals surface area contributed by atoms with Crippen LogP contribution in [0.1, 0.15) is 16.7 Å². The number of hydrogen-bond donors (Lipinski definition) is 0. The van der Waals surface area contributed by atoms with Crippen molar-refractivity contribution in [2.45, 2.75) is 20.5 Å². The number of ether oxygens (including phenoxy) is 2. The summed E-state index contributed by atoms with van der Waals surface area (Å²) in [4.78, 5) is 16.8. The largest absolute Gasteiger partial charge is 0.496 e. The lowest BCUT2D eigenvalue weighted by Gasteiger charge is -2.15. The fourth-order valence-electron chi connectivity index (χ4n) is 3.45. The van der Waals surface area contributed by atoms with Crippen LogP contribution in [0.5, 0.6) is 11.5 Å². The van der Waals surface area contributed by atoms with Gasteiger partial charge in [-0.3, -0.25) is 4.98 Å². The maximum Gasteiger partial charge on any atom is 0.368 e. The smallest absolute Gasteiger partial charge is 0.368 e. The zero-order valence-electron chi connectivity index (χ0n) is 17.9. The van der Waals surface area contributed by atoms with Gasteiger partial charge < -0.3 is 9.47 Å². The Labute approximate surface area is 179 Å². The number of rotatable bonds is 6. The van der Waals surface area contributed by atoms with E-state index >= 15 is 0 Å². The Morgan fingerprint density at radius 1 is 0.968 bits per heavy atom. The van der Waals surface area contributed by atoms with Crippen LogP contribution in [0.2, 0.25) is 0 Å². The van der Waals surface area contributed by atoms with Gasteiger partial charge in [-0.2, -0.15) is 9.36 Å². The first-order valence-corrected chi connectivity index (χ1v) is 9.80. The van der Waals surface area contributed by atoms with Gasteiger partial charge in [0.1, 0.15) is 18.1 Å². The molecule has 8 nitrogen and oxygen atoms in total. The topological polar surface area (TPSA) is 84.1 Å². The van der Waals surface area contributed by atoms with Crippen LogP contribution in [0.3, 0.4) is 0 Å². The highest BCUT2D eigenvalue weighted by molar-refractivity contribution is 5.65. The molecule has 0 bridgehead atoms. The van der Waals surface area contributed by atoms with Crippen molar-refractivity contribution in [1.29, 1.82) is 0 Å². The zero-order chi connectivity index (χ0) is 22.0. The van der Waals surface area contributed by atoms with E-state index in [-0.39, 0.29) is 12.3 Å². The summed E-state index contributed by atoms with van der Waals surface area (Å²) in [5.41, 5.74) is 5.01. The lowest BCUT2D eigenvalue weighted by Crippen LogP contribution is -2.23. The van der Waals surface area contributed by atoms with Gasteiger partial charge in [0, 0.05) is 18.8 Å². The van der Waals surface area contributed by atoms with Gasteiger partial charge in [-0.15, -0.1) is 0 Å². The Kier molecular flexibility index (Phi) is 5.53. The molecule has 0 aliphatic rings. The van der Waals surface area contributed by atoms with Crippen molar-refractivity contribution in [1.82, 2.24) is 24.8 Å². The van der Waals surface area contributed by atoms with E-state index in [1.165, 1.54) is 9.36 Å². The minimum atomic E-state index is -0.347. The maximum atomic E-state index is 12.4. The van der Waals surface area contributed by atoms with E-state index in [4.69, 9.17) is 9.47 Å². The fourth-order valence-corrected chi connectivity index (χ4v) is 3.45. The maximum absolute atomic E-state index is 12.4. The van der Waals surface area contributed by atoms with Gasteiger partial charge in [-0.05, 0) is 71.8 Å². The number of nitrogens with zero attached hydrogens (tertiary/aromatic N) is 5. The Morgan fingerprint density at radius 2 is 1.81 bits per heavy atom. The van der Waals surface area contributed by atoms with Crippen molar-refractivity contribution < 1.29 is 9.47 Å². The highest BCUT2D eigenvalue weighted by Crippen LogP contribution is 2.30. The van der Waals surface area contributed by atoms with Crippen molar-refractivity contribution >= 4 is 0 Å². The highest BCUT2D eigenvalue weighted by Gasteiger charge is 2.16. The molecule has 0 atom stereocenters. The molecule has 0 unspecified atom stereocenters. The number of methoxy groups -OCH3 is 1. The Morgan fingerprint density at radius 3 is 2.48 bits per heavy atom. The van der Waals surface area contributed by atoms with Crippen LogP contribution < -0.4 is 15.2 Å². The lowest BCUT2D eigenvalue weighted by atomic mass is 10.0. The first-order chi connectivity index (χ1) is 15.0. The molecule has 158 valence electrons. The molecule has 31 heavy (non-hydrogen) atoms. The Balaban J connectivity index is 1.65. The molecule has 0 fully saturated rings. The minimum Gasteiger partial charge on any atom is -0.496 e. The van der Waals surface area contributed by atoms with Crippen LogP contribution in [0.4, 0.5) is 0 Å². The third kappa shape index (κ3) is 3.92. The van der Waals surface area contributed by atoms with Gasteiger partial charge in [0.2, 0.25) is 0 Å². The summed E-state index contributed by atoms with van der Waals surface area (Å²) < 4.78 is 14.0. The van der Waals surface area contributed by atoms with Gasteiger partial charge in [0.25, 0.3) is 0 Å². The lowest BCUT2D eigenvalue weighted by molar-refractivity contribution is 0.294. The van der Waals surface area contributed by atoms with Gasteiger partial charge >= 0.3 is 5.69 Å². The number of benzene rings is 2. The first kappa shape index (κ1) is 20.3. The molecule has 0 amide bonds. The van der Waals surface area contributed by atoms with Crippen molar-refractivity contribution in [3.8, 4) is 28.4 Å². The Bertz CT molecular complexity index is 1290. The first-order valence-electron chi connectivity index (χ1n) is 9.80. The van der Waals surface area contributed by atoms with Crippen LogP contribution in [-0.4, -0.2) is 31.9 Å². The van der Waals surface area contributed by atoms with E-state index < -0.39 is 0 Å². The van der Waals surface area contributed by atoms with E-state index in [1.807, 2.05) is 44.2 Å². The standard InChI is InChI=1S/C23H23N5O3/c1-15-7-6-12-24-22(15)17-10-11-20(16(2)13-17)31-14-18-19(8-5-9-21(18)30-4)28-23(29)27(3)25-26-28/h5-13H,14H2,1-4H3. The molecule has 0 spiro atoms. The zero-order valence-corrected chi connectivity index (χ0v) is 17.9. The monoisotopic (exact) mass is 417 g/mol. The molecule has 0 radical (unpaired) electrons. The second-order valence-corrected chi connectivity index (χ2v) is 7.19. The van der Waals surface area contributed by atoms with Gasteiger partial charge in [-0.25, -0.2) is 4.79 Å². The minimum absolute atomic E-state index is 0.200. The highest BCUT2D eigenvalue weighted by atomic mass is 16.5. The number of hydrogen-bond acceptors (Lipinski definition) is 6. The summed E-state index contributed by atoms with van der Waals surface area (Å²) >= 11 is 0. The quantitative estimate of drug-likeness (QED) is 0.479. The molecule has 2 aromatic heterocycles. The molecule has 8 heteroatoms. The van der Waals surface area contributed by atoms with Crippen molar-refractivity contribution in [2.75, 3.05) is 7.11 Å². The molecule has 2 heterocycles. The summed E-state index contributed by atoms with van der Waals surface area (Å²) in [7, 11) is 3.13. The van der Waals surface area contributed by atoms with Crippen LogP contribution >= 0.6 is 0 Å². The van der Waals surface area contributed by atoms with Crippen LogP contribution in [-0.2, 0) is 13.7 Å². The van der Waals surface area contributed by atoms with E-state index in [1.54, 1.807) is 32.5 Å². The van der Waals surface area contributed by atoms with Gasteiger partial charge in [0.15, 0.2) is 0 Å². The molecule has 0 N–H and O–H groups in total. The Hall–Kier alpha value is -3.94. The normalized spacial score (nSPS) is 10.8. The second kappa shape index (κ2) is 8.43. The summed E-state index contributed by atoms with van der Waals surface area (Å²) in [5.74, 6) is 1.34. The number of aryl methyl sites for hydroxylation is 3. The summed E-state index contributed by atoms with van der Waals surface area (Å²) in [6, 6.07) is 15.4. The van der Waals surface area contributed by atoms with Crippen LogP contribution in [0, 0.1) is 13.8 Å². The average Bonchev–Trinajstić information content (AvgIpc) is 3.11. The SMILES string of the molecule is COc1cccc(-n2nnn(C)c2=O)c1COc1ccc(-c2ncccc2C)cc1C. The average molecular weight is 417 g/mol. The summed E-state index contributed by atoms with van der Waals surface area (Å²) in [5, 5.41) is 7.74. The number of pyridine rings is 1. The molecular formula is C23H23N5O3. The third-order valence-corrected chi connectivity index (χ3v) is 5.11.